The molecule has 0 spiro atoms. The molecule has 0 aliphatic carbocycles. The van der Waals surface area contributed by atoms with Crippen LogP contribution in [0.3, 0.4) is 0 Å². The van der Waals surface area contributed by atoms with E-state index in [4.69, 9.17) is 4.74 Å². The van der Waals surface area contributed by atoms with E-state index in [0.29, 0.717) is 19.8 Å². The Hall–Kier alpha value is -2.08. The fraction of sp³-hybridized carbons (Fsp3) is 0.600. The number of nitrogens with zero attached hydrogens (tertiary/aromatic N) is 2. The van der Waals surface area contributed by atoms with Crippen molar-refractivity contribution in [2.75, 3.05) is 50.1 Å². The van der Waals surface area contributed by atoms with Crippen molar-refractivity contribution in [3.63, 3.8) is 0 Å². The van der Waals surface area contributed by atoms with Crippen LogP contribution in [0.2, 0.25) is 0 Å². The molecule has 0 radical (unpaired) electrons. The van der Waals surface area contributed by atoms with Crippen molar-refractivity contribution >= 4 is 23.2 Å². The minimum atomic E-state index is -1.12. The van der Waals surface area contributed by atoms with Gasteiger partial charge in [-0.15, -0.1) is 0 Å². The summed E-state index contributed by atoms with van der Waals surface area (Å²) in [7, 11) is 1.76. The maximum atomic E-state index is 12.9. The van der Waals surface area contributed by atoms with Gasteiger partial charge < -0.3 is 19.9 Å². The summed E-state index contributed by atoms with van der Waals surface area (Å²) in [5.41, 5.74) is 0.573. The van der Waals surface area contributed by atoms with E-state index in [2.05, 4.69) is 17.1 Å². The zero-order valence-corrected chi connectivity index (χ0v) is 16.4. The molecule has 0 atom stereocenters. The number of rotatable bonds is 7. The van der Waals surface area contributed by atoms with E-state index in [0.717, 1.165) is 37.3 Å². The molecule has 1 heterocycles. The highest BCUT2D eigenvalue weighted by Crippen LogP contribution is 2.29. The first-order valence-electron chi connectivity index (χ1n) is 9.36. The van der Waals surface area contributed by atoms with Crippen LogP contribution in [0.25, 0.3) is 0 Å². The fourth-order valence-electron chi connectivity index (χ4n) is 3.01. The van der Waals surface area contributed by atoms with Crippen LogP contribution in [0.15, 0.2) is 24.3 Å². The maximum Gasteiger partial charge on any atom is 0.239 e. The number of hydrogen-bond acceptors (Lipinski definition) is 4. The molecule has 0 aromatic heterocycles. The summed E-state index contributed by atoms with van der Waals surface area (Å²) in [6, 6.07) is 7.71. The smallest absolute Gasteiger partial charge is 0.239 e. The van der Waals surface area contributed by atoms with E-state index in [1.807, 2.05) is 24.3 Å². The Morgan fingerprint density at radius 2 is 1.88 bits per heavy atom. The number of ether oxygens (including phenoxy) is 1. The van der Waals surface area contributed by atoms with Crippen LogP contribution in [-0.4, -0.2) is 56.6 Å². The summed E-state index contributed by atoms with van der Waals surface area (Å²) in [5, 5.41) is 2.97. The summed E-state index contributed by atoms with van der Waals surface area (Å²) in [6.45, 7) is 9.04. The van der Waals surface area contributed by atoms with Crippen molar-refractivity contribution in [1.29, 1.82) is 0 Å². The quantitative estimate of drug-likeness (QED) is 0.759. The monoisotopic (exact) mass is 361 g/mol. The lowest BCUT2D eigenvalue weighted by atomic mass is 9.90. The molecule has 0 unspecified atom stereocenters. The predicted octanol–water partition coefficient (Wildman–Crippen LogP) is 2.75. The van der Waals surface area contributed by atoms with Gasteiger partial charge in [0.05, 0.1) is 24.6 Å². The van der Waals surface area contributed by atoms with Crippen LogP contribution in [0.1, 0.15) is 33.6 Å². The summed E-state index contributed by atoms with van der Waals surface area (Å²) in [4.78, 5) is 29.5. The molecule has 144 valence electrons. The van der Waals surface area contributed by atoms with Crippen LogP contribution in [-0.2, 0) is 14.3 Å². The van der Waals surface area contributed by atoms with Crippen LogP contribution >= 0.6 is 0 Å². The number of benzene rings is 1. The lowest BCUT2D eigenvalue weighted by Crippen LogP contribution is -2.46. The minimum absolute atomic E-state index is 0.160. The average Bonchev–Trinajstić information content (AvgIpc) is 2.66. The number of amides is 2. The van der Waals surface area contributed by atoms with Crippen molar-refractivity contribution < 1.29 is 14.3 Å². The van der Waals surface area contributed by atoms with Crippen LogP contribution in [0.5, 0.6) is 0 Å². The third kappa shape index (κ3) is 4.75. The van der Waals surface area contributed by atoms with E-state index in [1.54, 1.807) is 25.8 Å². The van der Waals surface area contributed by atoms with Gasteiger partial charge in [0.15, 0.2) is 0 Å². The van der Waals surface area contributed by atoms with Gasteiger partial charge in [-0.05, 0) is 32.4 Å². The van der Waals surface area contributed by atoms with E-state index in [1.165, 1.54) is 0 Å². The van der Waals surface area contributed by atoms with Gasteiger partial charge in [-0.1, -0.05) is 25.5 Å². The predicted molar refractivity (Wildman–Crippen MR) is 104 cm³/mol. The van der Waals surface area contributed by atoms with Crippen molar-refractivity contribution in [3.8, 4) is 0 Å². The number of hydrogen-bond donors (Lipinski definition) is 1. The molecule has 0 bridgehead atoms. The van der Waals surface area contributed by atoms with Gasteiger partial charge >= 0.3 is 0 Å². The summed E-state index contributed by atoms with van der Waals surface area (Å²) in [5.74, 6) is -0.445. The summed E-state index contributed by atoms with van der Waals surface area (Å²) < 4.78 is 5.41. The molecule has 1 aromatic carbocycles. The average molecular weight is 361 g/mol. The second-order valence-electron chi connectivity index (χ2n) is 7.28. The molecule has 0 saturated carbocycles. The number of nitrogens with one attached hydrogen (secondary N) is 1. The summed E-state index contributed by atoms with van der Waals surface area (Å²) in [6.07, 6.45) is 1.94. The Bertz CT molecular complexity index is 624. The van der Waals surface area contributed by atoms with Gasteiger partial charge in [-0.3, -0.25) is 9.59 Å². The minimum Gasteiger partial charge on any atom is -0.378 e. The number of unbranched alkanes of at least 4 members (excludes halogenated alkanes) is 1. The van der Waals surface area contributed by atoms with Gasteiger partial charge in [0.2, 0.25) is 11.8 Å². The molecule has 1 aromatic rings. The topological polar surface area (TPSA) is 61.9 Å². The molecule has 1 aliphatic rings. The number of carbonyl (C=O) groups is 2. The first-order chi connectivity index (χ1) is 12.4. The third-order valence-corrected chi connectivity index (χ3v) is 4.80. The van der Waals surface area contributed by atoms with E-state index in [9.17, 15) is 9.59 Å². The normalized spacial score (nSPS) is 14.8. The Labute approximate surface area is 156 Å². The Balaban J connectivity index is 2.12. The van der Waals surface area contributed by atoms with Gasteiger partial charge in [0.1, 0.15) is 5.41 Å². The maximum absolute atomic E-state index is 12.9. The molecular formula is C20H31N3O3. The second-order valence-corrected chi connectivity index (χ2v) is 7.28. The lowest BCUT2D eigenvalue weighted by Gasteiger charge is -2.32. The van der Waals surface area contributed by atoms with Crippen LogP contribution in [0.4, 0.5) is 11.4 Å². The molecule has 1 fully saturated rings. The summed E-state index contributed by atoms with van der Waals surface area (Å²) >= 11 is 0. The second kappa shape index (κ2) is 9.03. The van der Waals surface area contributed by atoms with E-state index >= 15 is 0 Å². The van der Waals surface area contributed by atoms with Gasteiger partial charge in [0.25, 0.3) is 0 Å². The van der Waals surface area contributed by atoms with Gasteiger partial charge in [-0.25, -0.2) is 0 Å². The Morgan fingerprint density at radius 1 is 1.23 bits per heavy atom. The van der Waals surface area contributed by atoms with Gasteiger partial charge in [-0.2, -0.15) is 0 Å². The Kier molecular flexibility index (Phi) is 7.03. The highest BCUT2D eigenvalue weighted by atomic mass is 16.5. The fourth-order valence-corrected chi connectivity index (χ4v) is 3.01. The van der Waals surface area contributed by atoms with Crippen molar-refractivity contribution in [2.24, 2.45) is 5.41 Å². The molecule has 6 heteroatoms. The molecule has 1 aliphatic heterocycles. The number of morpholine rings is 1. The first-order valence-corrected chi connectivity index (χ1v) is 9.36. The number of anilines is 2. The molecule has 1 saturated heterocycles. The first kappa shape index (κ1) is 20.2. The van der Waals surface area contributed by atoms with Crippen LogP contribution < -0.4 is 10.2 Å². The van der Waals surface area contributed by atoms with E-state index in [-0.39, 0.29) is 11.8 Å². The molecular weight excluding hydrogens is 330 g/mol. The van der Waals surface area contributed by atoms with Crippen molar-refractivity contribution in [3.05, 3.63) is 24.3 Å². The molecule has 26 heavy (non-hydrogen) atoms. The van der Waals surface area contributed by atoms with Gasteiger partial charge in [0, 0.05) is 26.7 Å². The van der Waals surface area contributed by atoms with Crippen molar-refractivity contribution in [1.82, 2.24) is 4.90 Å². The largest absolute Gasteiger partial charge is 0.378 e. The van der Waals surface area contributed by atoms with Crippen LogP contribution in [0, 0.1) is 5.41 Å². The highest BCUT2D eigenvalue weighted by molar-refractivity contribution is 6.10. The Morgan fingerprint density at radius 3 is 2.54 bits per heavy atom. The lowest BCUT2D eigenvalue weighted by molar-refractivity contribution is -0.145. The zero-order chi connectivity index (χ0) is 19.2. The standard InChI is InChI=1S/C20H31N3O3/c1-5-6-11-22(4)19(25)20(2,3)18(24)21-16-9-7-8-10-17(16)23-12-14-26-15-13-23/h7-10H,5-6,11-15H2,1-4H3,(H,21,24). The molecule has 1 N–H and O–H groups in total. The highest BCUT2D eigenvalue weighted by Gasteiger charge is 2.38. The van der Waals surface area contributed by atoms with E-state index < -0.39 is 5.41 Å². The van der Waals surface area contributed by atoms with Crippen molar-refractivity contribution in [2.45, 2.75) is 33.6 Å². The third-order valence-electron chi connectivity index (χ3n) is 4.80. The molecule has 6 nitrogen and oxygen atoms in total. The SMILES string of the molecule is CCCCN(C)C(=O)C(C)(C)C(=O)Nc1ccccc1N1CCOCC1. The number of para-hydroxylation sites is 2. The zero-order valence-electron chi connectivity index (χ0n) is 16.4. The number of carbonyl (C=O) groups excluding carboxylic acids is 2. The molecule has 2 amide bonds. The molecule has 2 rings (SSSR count).